The van der Waals surface area contributed by atoms with Crippen LogP contribution in [0.15, 0.2) is 42.5 Å². The third-order valence-corrected chi connectivity index (χ3v) is 4.12. The Labute approximate surface area is 142 Å². The number of benzene rings is 2. The van der Waals surface area contributed by atoms with E-state index in [4.69, 9.17) is 16.3 Å². The summed E-state index contributed by atoms with van der Waals surface area (Å²) in [6, 6.07) is 13.3. The monoisotopic (exact) mass is 331 g/mol. The van der Waals surface area contributed by atoms with E-state index in [0.717, 1.165) is 17.7 Å². The average molecular weight is 332 g/mol. The summed E-state index contributed by atoms with van der Waals surface area (Å²) in [7, 11) is 0. The van der Waals surface area contributed by atoms with Crippen molar-refractivity contribution in [3.8, 4) is 5.75 Å². The molecule has 4 heteroatoms. The molecule has 3 nitrogen and oxygen atoms in total. The molecule has 0 radical (unpaired) electrons. The number of nitrogens with one attached hydrogen (secondary N) is 1. The van der Waals surface area contributed by atoms with Gasteiger partial charge in [0, 0.05) is 10.7 Å². The van der Waals surface area contributed by atoms with E-state index in [1.54, 1.807) is 12.1 Å². The first-order chi connectivity index (χ1) is 11.0. The molecule has 0 spiro atoms. The first-order valence-electron chi connectivity index (χ1n) is 7.86. The number of aryl methyl sites for hydroxylation is 2. The Bertz CT molecular complexity index is 668. The normalized spacial score (nSPS) is 11.8. The fraction of sp³-hybridized carbons (Fsp3) is 0.316. The second-order valence-electron chi connectivity index (χ2n) is 5.47. The van der Waals surface area contributed by atoms with E-state index in [9.17, 15) is 4.79 Å². The van der Waals surface area contributed by atoms with Crippen molar-refractivity contribution >= 4 is 23.2 Å². The molecule has 0 fully saturated rings. The van der Waals surface area contributed by atoms with Gasteiger partial charge in [-0.05, 0) is 61.2 Å². The first-order valence-corrected chi connectivity index (χ1v) is 8.23. The van der Waals surface area contributed by atoms with Gasteiger partial charge in [-0.15, -0.1) is 0 Å². The number of amides is 1. The van der Waals surface area contributed by atoms with Crippen LogP contribution in [0.1, 0.15) is 31.4 Å². The van der Waals surface area contributed by atoms with Crippen molar-refractivity contribution in [2.45, 2.75) is 39.7 Å². The van der Waals surface area contributed by atoms with Gasteiger partial charge in [-0.25, -0.2) is 0 Å². The van der Waals surface area contributed by atoms with Gasteiger partial charge in [0.2, 0.25) is 0 Å². The lowest BCUT2D eigenvalue weighted by Gasteiger charge is -2.18. The van der Waals surface area contributed by atoms with Gasteiger partial charge in [0.05, 0.1) is 0 Å². The van der Waals surface area contributed by atoms with Gasteiger partial charge in [-0.3, -0.25) is 4.79 Å². The number of carbonyl (C=O) groups is 1. The zero-order valence-electron chi connectivity index (χ0n) is 13.7. The molecule has 0 aliphatic carbocycles. The zero-order chi connectivity index (χ0) is 16.8. The molecule has 0 heterocycles. The molecule has 0 aromatic heterocycles. The van der Waals surface area contributed by atoms with Crippen molar-refractivity contribution in [3.63, 3.8) is 0 Å². The van der Waals surface area contributed by atoms with Crippen molar-refractivity contribution in [3.05, 3.63) is 58.6 Å². The minimum atomic E-state index is -0.540. The second-order valence-corrected chi connectivity index (χ2v) is 5.87. The fourth-order valence-electron chi connectivity index (χ4n) is 2.22. The maximum atomic E-state index is 12.4. The van der Waals surface area contributed by atoms with Crippen molar-refractivity contribution < 1.29 is 9.53 Å². The highest BCUT2D eigenvalue weighted by molar-refractivity contribution is 6.31. The maximum absolute atomic E-state index is 12.4. The Hall–Kier alpha value is -2.00. The lowest BCUT2D eigenvalue weighted by atomic mass is 10.1. The fourth-order valence-corrected chi connectivity index (χ4v) is 2.34. The van der Waals surface area contributed by atoms with Crippen molar-refractivity contribution in [1.82, 2.24) is 0 Å². The van der Waals surface area contributed by atoms with E-state index < -0.39 is 6.10 Å². The van der Waals surface area contributed by atoms with Crippen LogP contribution in [-0.2, 0) is 11.2 Å². The van der Waals surface area contributed by atoms with Crippen LogP contribution in [0.5, 0.6) is 5.75 Å². The van der Waals surface area contributed by atoms with E-state index in [2.05, 4.69) is 12.2 Å². The van der Waals surface area contributed by atoms with E-state index in [1.807, 2.05) is 44.2 Å². The summed E-state index contributed by atoms with van der Waals surface area (Å²) < 4.78 is 5.81. The third kappa shape index (κ3) is 4.73. The highest BCUT2D eigenvalue weighted by Crippen LogP contribution is 2.22. The van der Waals surface area contributed by atoms with Gasteiger partial charge < -0.3 is 10.1 Å². The van der Waals surface area contributed by atoms with E-state index >= 15 is 0 Å². The number of ether oxygens (including phenoxy) is 1. The van der Waals surface area contributed by atoms with E-state index in [0.29, 0.717) is 17.2 Å². The molecule has 2 aromatic rings. The molecule has 1 N–H and O–H groups in total. The Morgan fingerprint density at radius 2 is 1.87 bits per heavy atom. The molecule has 0 bridgehead atoms. The number of hydrogen-bond donors (Lipinski definition) is 1. The van der Waals surface area contributed by atoms with Crippen LogP contribution in [0.4, 0.5) is 5.69 Å². The van der Waals surface area contributed by atoms with Gasteiger partial charge in [0.1, 0.15) is 5.75 Å². The molecule has 23 heavy (non-hydrogen) atoms. The SMILES string of the molecule is CCc1ccc(NC(=O)[C@H](CC)Oc2ccc(Cl)c(C)c2)cc1. The molecule has 2 aromatic carbocycles. The second kappa shape index (κ2) is 8.02. The predicted molar refractivity (Wildman–Crippen MR) is 95.3 cm³/mol. The molecule has 0 saturated carbocycles. The minimum Gasteiger partial charge on any atom is -0.481 e. The molecule has 1 amide bonds. The van der Waals surface area contributed by atoms with Crippen LogP contribution in [0, 0.1) is 6.92 Å². The van der Waals surface area contributed by atoms with Crippen LogP contribution in [0.3, 0.4) is 0 Å². The highest BCUT2D eigenvalue weighted by atomic mass is 35.5. The third-order valence-electron chi connectivity index (χ3n) is 3.70. The Morgan fingerprint density at radius 1 is 1.17 bits per heavy atom. The van der Waals surface area contributed by atoms with Crippen molar-refractivity contribution in [1.29, 1.82) is 0 Å². The Kier molecular flexibility index (Phi) is 6.05. The quantitative estimate of drug-likeness (QED) is 0.808. The molecule has 0 unspecified atom stereocenters. The summed E-state index contributed by atoms with van der Waals surface area (Å²) in [4.78, 5) is 12.4. The molecule has 0 saturated heterocycles. The number of carbonyl (C=O) groups excluding carboxylic acids is 1. The highest BCUT2D eigenvalue weighted by Gasteiger charge is 2.18. The van der Waals surface area contributed by atoms with Gasteiger partial charge in [-0.2, -0.15) is 0 Å². The molecule has 0 aliphatic heterocycles. The van der Waals surface area contributed by atoms with Gasteiger partial charge in [0.25, 0.3) is 5.91 Å². The number of anilines is 1. The summed E-state index contributed by atoms with van der Waals surface area (Å²) >= 11 is 6.01. The standard InChI is InChI=1S/C19H22ClNO2/c1-4-14-6-8-15(9-7-14)21-19(22)18(5-2)23-16-10-11-17(20)13(3)12-16/h6-12,18H,4-5H2,1-3H3,(H,21,22)/t18-/m0/s1. The van der Waals surface area contributed by atoms with Crippen LogP contribution in [0.2, 0.25) is 5.02 Å². The van der Waals surface area contributed by atoms with Crippen LogP contribution in [0.25, 0.3) is 0 Å². The van der Waals surface area contributed by atoms with Crippen LogP contribution < -0.4 is 10.1 Å². The summed E-state index contributed by atoms with van der Waals surface area (Å²) in [5.74, 6) is 0.500. The average Bonchev–Trinajstić information content (AvgIpc) is 2.56. The van der Waals surface area contributed by atoms with Gasteiger partial charge in [0.15, 0.2) is 6.10 Å². The van der Waals surface area contributed by atoms with Gasteiger partial charge >= 0.3 is 0 Å². The topological polar surface area (TPSA) is 38.3 Å². The predicted octanol–water partition coefficient (Wildman–Crippen LogP) is 5.01. The molecule has 2 rings (SSSR count). The number of hydrogen-bond acceptors (Lipinski definition) is 2. The summed E-state index contributed by atoms with van der Waals surface area (Å²) in [6.45, 7) is 5.93. The summed E-state index contributed by atoms with van der Waals surface area (Å²) in [5.41, 5.74) is 2.94. The lowest BCUT2D eigenvalue weighted by molar-refractivity contribution is -0.122. The first kappa shape index (κ1) is 17.4. The summed E-state index contributed by atoms with van der Waals surface area (Å²) in [5, 5.41) is 3.59. The molecular formula is C19H22ClNO2. The maximum Gasteiger partial charge on any atom is 0.265 e. The zero-order valence-corrected chi connectivity index (χ0v) is 14.5. The Morgan fingerprint density at radius 3 is 2.43 bits per heavy atom. The van der Waals surface area contributed by atoms with E-state index in [-0.39, 0.29) is 5.91 Å². The largest absolute Gasteiger partial charge is 0.481 e. The molecule has 1 atom stereocenters. The molecule has 0 aliphatic rings. The van der Waals surface area contributed by atoms with Crippen LogP contribution >= 0.6 is 11.6 Å². The smallest absolute Gasteiger partial charge is 0.265 e. The van der Waals surface area contributed by atoms with Gasteiger partial charge in [-0.1, -0.05) is 37.6 Å². The lowest BCUT2D eigenvalue weighted by Crippen LogP contribution is -2.32. The van der Waals surface area contributed by atoms with Crippen molar-refractivity contribution in [2.24, 2.45) is 0 Å². The van der Waals surface area contributed by atoms with Crippen molar-refractivity contribution in [2.75, 3.05) is 5.32 Å². The van der Waals surface area contributed by atoms with Crippen LogP contribution in [-0.4, -0.2) is 12.0 Å². The number of halogens is 1. The Balaban J connectivity index is 2.03. The number of rotatable bonds is 6. The van der Waals surface area contributed by atoms with E-state index in [1.165, 1.54) is 5.56 Å². The molecule has 122 valence electrons. The molecular weight excluding hydrogens is 310 g/mol. The summed E-state index contributed by atoms with van der Waals surface area (Å²) in [6.07, 6.45) is 1.02. The minimum absolute atomic E-state index is 0.149.